The number of rotatable bonds is 3. The summed E-state index contributed by atoms with van der Waals surface area (Å²) in [5.74, 6) is 0.846. The minimum atomic E-state index is 0.377. The summed E-state index contributed by atoms with van der Waals surface area (Å²) in [7, 11) is 0. The Labute approximate surface area is 119 Å². The van der Waals surface area contributed by atoms with Crippen molar-refractivity contribution in [3.05, 3.63) is 23.9 Å². The average molecular weight is 273 g/mol. The van der Waals surface area contributed by atoms with Crippen LogP contribution in [-0.2, 0) is 0 Å². The molecule has 108 valence electrons. The van der Waals surface area contributed by atoms with Crippen LogP contribution in [0.5, 0.6) is 0 Å². The second-order valence-electron chi connectivity index (χ2n) is 5.77. The maximum atomic E-state index is 6.00. The van der Waals surface area contributed by atoms with Crippen LogP contribution < -0.4 is 10.6 Å². The number of hydrogen-bond acceptors (Lipinski definition) is 4. The largest absolute Gasteiger partial charge is 0.337 e. The van der Waals surface area contributed by atoms with Gasteiger partial charge in [-0.3, -0.25) is 0 Å². The summed E-state index contributed by atoms with van der Waals surface area (Å²) in [4.78, 5) is 7.01. The van der Waals surface area contributed by atoms with Gasteiger partial charge in [-0.25, -0.2) is 4.52 Å². The average Bonchev–Trinajstić information content (AvgIpc) is 2.84. The van der Waals surface area contributed by atoms with Crippen molar-refractivity contribution in [2.75, 3.05) is 11.4 Å². The number of aryl methyl sites for hydroxylation is 1. The van der Waals surface area contributed by atoms with Gasteiger partial charge in [-0.15, -0.1) is 5.10 Å². The molecule has 2 N–H and O–H groups in total. The van der Waals surface area contributed by atoms with E-state index in [4.69, 9.17) is 5.73 Å². The van der Waals surface area contributed by atoms with Gasteiger partial charge in [-0.2, -0.15) is 4.98 Å². The molecule has 1 aliphatic carbocycles. The van der Waals surface area contributed by atoms with Crippen molar-refractivity contribution in [1.29, 1.82) is 0 Å². The van der Waals surface area contributed by atoms with E-state index >= 15 is 0 Å². The number of hydrogen-bond donors (Lipinski definition) is 1. The molecule has 2 aromatic heterocycles. The fraction of sp³-hybridized carbons (Fsp3) is 0.600. The third-order valence-electron chi connectivity index (χ3n) is 4.26. The molecule has 0 amide bonds. The van der Waals surface area contributed by atoms with Crippen molar-refractivity contribution < 1.29 is 0 Å². The molecule has 2 aromatic rings. The van der Waals surface area contributed by atoms with Gasteiger partial charge in [0.25, 0.3) is 0 Å². The normalized spacial score (nSPS) is 23.1. The summed E-state index contributed by atoms with van der Waals surface area (Å²) in [6.07, 6.45) is 6.47. The standard InChI is InChI=1S/C15H23N5/c1-3-19(13-6-4-12(16)5-7-13)15-17-14-10-11(2)8-9-20(14)18-15/h8-10,12-13H,3-7,16H2,1-2H3. The predicted octanol–water partition coefficient (Wildman–Crippen LogP) is 2.13. The molecule has 0 atom stereocenters. The Kier molecular flexibility index (Phi) is 3.61. The molecular formula is C15H23N5. The van der Waals surface area contributed by atoms with E-state index in [0.717, 1.165) is 43.8 Å². The van der Waals surface area contributed by atoms with E-state index in [1.165, 1.54) is 5.56 Å². The second-order valence-corrected chi connectivity index (χ2v) is 5.77. The van der Waals surface area contributed by atoms with Crippen LogP contribution in [0.15, 0.2) is 18.3 Å². The fourth-order valence-electron chi connectivity index (χ4n) is 3.07. The molecule has 0 radical (unpaired) electrons. The monoisotopic (exact) mass is 273 g/mol. The lowest BCUT2D eigenvalue weighted by molar-refractivity contribution is 0.375. The van der Waals surface area contributed by atoms with Crippen LogP contribution in [0.1, 0.15) is 38.2 Å². The molecule has 3 rings (SSSR count). The maximum Gasteiger partial charge on any atom is 0.245 e. The highest BCUT2D eigenvalue weighted by molar-refractivity contribution is 5.46. The summed E-state index contributed by atoms with van der Waals surface area (Å²) in [6.45, 7) is 5.19. The zero-order valence-electron chi connectivity index (χ0n) is 12.3. The van der Waals surface area contributed by atoms with Gasteiger partial charge in [0.15, 0.2) is 5.65 Å². The molecule has 0 unspecified atom stereocenters. The molecule has 0 aromatic carbocycles. The molecule has 0 aliphatic heterocycles. The Morgan fingerprint density at radius 3 is 2.80 bits per heavy atom. The maximum absolute atomic E-state index is 6.00. The van der Waals surface area contributed by atoms with Gasteiger partial charge in [-0.1, -0.05) is 0 Å². The van der Waals surface area contributed by atoms with E-state index in [0.29, 0.717) is 12.1 Å². The zero-order chi connectivity index (χ0) is 14.1. The van der Waals surface area contributed by atoms with Crippen LogP contribution in [0.25, 0.3) is 5.65 Å². The SMILES string of the molecule is CCN(c1nc2cc(C)ccn2n1)C1CCC(N)CC1. The van der Waals surface area contributed by atoms with Crippen molar-refractivity contribution in [3.63, 3.8) is 0 Å². The van der Waals surface area contributed by atoms with Gasteiger partial charge in [-0.05, 0) is 57.2 Å². The predicted molar refractivity (Wildman–Crippen MR) is 81.0 cm³/mol. The first-order valence-electron chi connectivity index (χ1n) is 7.52. The lowest BCUT2D eigenvalue weighted by Crippen LogP contribution is -2.41. The smallest absolute Gasteiger partial charge is 0.245 e. The molecular weight excluding hydrogens is 250 g/mol. The lowest BCUT2D eigenvalue weighted by atomic mass is 9.91. The van der Waals surface area contributed by atoms with Crippen LogP contribution in [0, 0.1) is 6.92 Å². The quantitative estimate of drug-likeness (QED) is 0.930. The highest BCUT2D eigenvalue weighted by Crippen LogP contribution is 2.25. The molecule has 0 saturated heterocycles. The first kappa shape index (κ1) is 13.4. The number of nitrogens with two attached hydrogens (primary N) is 1. The van der Waals surface area contributed by atoms with Gasteiger partial charge in [0.1, 0.15) is 0 Å². The molecule has 2 heterocycles. The van der Waals surface area contributed by atoms with Crippen LogP contribution >= 0.6 is 0 Å². The Morgan fingerprint density at radius 1 is 1.35 bits per heavy atom. The molecule has 0 spiro atoms. The Morgan fingerprint density at radius 2 is 2.10 bits per heavy atom. The Balaban J connectivity index is 1.87. The second kappa shape index (κ2) is 5.40. The fourth-order valence-corrected chi connectivity index (χ4v) is 3.07. The van der Waals surface area contributed by atoms with Crippen LogP contribution in [0.4, 0.5) is 5.95 Å². The molecule has 1 saturated carbocycles. The summed E-state index contributed by atoms with van der Waals surface area (Å²) in [5.41, 5.74) is 8.13. The van der Waals surface area contributed by atoms with Gasteiger partial charge >= 0.3 is 0 Å². The third kappa shape index (κ3) is 2.50. The number of fused-ring (bicyclic) bond motifs is 1. The van der Waals surface area contributed by atoms with E-state index in [9.17, 15) is 0 Å². The van der Waals surface area contributed by atoms with Crippen LogP contribution in [0.3, 0.4) is 0 Å². The summed E-state index contributed by atoms with van der Waals surface area (Å²) >= 11 is 0. The van der Waals surface area contributed by atoms with Crippen LogP contribution in [-0.4, -0.2) is 33.2 Å². The molecule has 20 heavy (non-hydrogen) atoms. The Hall–Kier alpha value is -1.62. The highest BCUT2D eigenvalue weighted by Gasteiger charge is 2.25. The van der Waals surface area contributed by atoms with E-state index in [2.05, 4.69) is 41.0 Å². The summed E-state index contributed by atoms with van der Waals surface area (Å²) in [6, 6.07) is 5.03. The lowest BCUT2D eigenvalue weighted by Gasteiger charge is -2.34. The number of nitrogens with zero attached hydrogens (tertiary/aromatic N) is 4. The third-order valence-corrected chi connectivity index (χ3v) is 4.26. The van der Waals surface area contributed by atoms with Crippen molar-refractivity contribution in [3.8, 4) is 0 Å². The van der Waals surface area contributed by atoms with Gasteiger partial charge in [0, 0.05) is 24.8 Å². The first-order chi connectivity index (χ1) is 9.67. The van der Waals surface area contributed by atoms with Crippen molar-refractivity contribution in [2.24, 2.45) is 5.73 Å². The Bertz CT molecular complexity index is 583. The van der Waals surface area contributed by atoms with E-state index in [1.54, 1.807) is 0 Å². The topological polar surface area (TPSA) is 59.5 Å². The minimum Gasteiger partial charge on any atom is -0.337 e. The van der Waals surface area contributed by atoms with E-state index in [1.807, 2.05) is 10.7 Å². The van der Waals surface area contributed by atoms with Crippen LogP contribution in [0.2, 0.25) is 0 Å². The van der Waals surface area contributed by atoms with Crippen molar-refractivity contribution >= 4 is 11.6 Å². The number of anilines is 1. The zero-order valence-corrected chi connectivity index (χ0v) is 12.3. The minimum absolute atomic E-state index is 0.377. The molecule has 1 aliphatic rings. The molecule has 5 nitrogen and oxygen atoms in total. The van der Waals surface area contributed by atoms with E-state index in [-0.39, 0.29) is 0 Å². The molecule has 5 heteroatoms. The highest BCUT2D eigenvalue weighted by atomic mass is 15.4. The van der Waals surface area contributed by atoms with E-state index < -0.39 is 0 Å². The summed E-state index contributed by atoms with van der Waals surface area (Å²) < 4.78 is 1.86. The van der Waals surface area contributed by atoms with Gasteiger partial charge < -0.3 is 10.6 Å². The summed E-state index contributed by atoms with van der Waals surface area (Å²) in [5, 5.41) is 4.62. The first-order valence-corrected chi connectivity index (χ1v) is 7.52. The number of aromatic nitrogens is 3. The van der Waals surface area contributed by atoms with Crippen molar-refractivity contribution in [1.82, 2.24) is 14.6 Å². The van der Waals surface area contributed by atoms with Gasteiger partial charge in [0.05, 0.1) is 0 Å². The van der Waals surface area contributed by atoms with Crippen molar-refractivity contribution in [2.45, 2.75) is 51.6 Å². The molecule has 1 fully saturated rings. The van der Waals surface area contributed by atoms with Gasteiger partial charge in [0.2, 0.25) is 5.95 Å². The number of pyridine rings is 1. The molecule has 0 bridgehead atoms.